The van der Waals surface area contributed by atoms with E-state index >= 15 is 0 Å². The molecule has 14 nitrogen and oxygen atoms in total. The number of carbonyl (C=O) groups excluding carboxylic acids is 3. The van der Waals surface area contributed by atoms with E-state index in [2.05, 4.69) is 45.1 Å². The number of methoxy groups -OCH3 is 2. The summed E-state index contributed by atoms with van der Waals surface area (Å²) >= 11 is 0. The van der Waals surface area contributed by atoms with Crippen LogP contribution in [0.5, 0.6) is 0 Å². The number of hydrogen-bond acceptors (Lipinski definition) is 13. The molecule has 4 aromatic heterocycles. The highest BCUT2D eigenvalue weighted by atomic mass is 19.1. The van der Waals surface area contributed by atoms with E-state index in [1.807, 2.05) is 44.7 Å². The van der Waals surface area contributed by atoms with E-state index < -0.39 is 5.97 Å². The Labute approximate surface area is 645 Å². The summed E-state index contributed by atoms with van der Waals surface area (Å²) in [5.41, 5.74) is 14.0. The molecule has 8 saturated carbocycles. The molecular weight excluding hydrogens is 1400 g/mol. The summed E-state index contributed by atoms with van der Waals surface area (Å²) in [7, 11) is 2.93. The van der Waals surface area contributed by atoms with Gasteiger partial charge in [0.15, 0.2) is 0 Å². The van der Waals surface area contributed by atoms with Crippen LogP contribution in [-0.2, 0) is 38.1 Å². The van der Waals surface area contributed by atoms with Crippen molar-refractivity contribution in [3.8, 4) is 0 Å². The Morgan fingerprint density at radius 3 is 1.02 bits per heavy atom. The van der Waals surface area contributed by atoms with Crippen LogP contribution in [0.1, 0.15) is 208 Å². The molecule has 11 unspecified atom stereocenters. The van der Waals surface area contributed by atoms with Crippen molar-refractivity contribution in [1.29, 1.82) is 0 Å². The Morgan fingerprint density at radius 2 is 0.718 bits per heavy atom. The predicted octanol–water partition coefficient (Wildman–Crippen LogP) is 19.8. The average Bonchev–Trinajstić information content (AvgIpc) is 1.62. The quantitative estimate of drug-likeness (QED) is 0.0768. The minimum Gasteiger partial charge on any atom is -0.481 e. The summed E-state index contributed by atoms with van der Waals surface area (Å²) in [5.74, 6) is 8.23. The van der Waals surface area contributed by atoms with Gasteiger partial charge in [-0.3, -0.25) is 39.1 Å². The van der Waals surface area contributed by atoms with Crippen LogP contribution in [0, 0.1) is 118 Å². The van der Waals surface area contributed by atoms with Crippen LogP contribution >= 0.6 is 0 Å². The van der Waals surface area contributed by atoms with Gasteiger partial charge in [-0.25, -0.2) is 17.6 Å². The average molecular weight is 1510 g/mol. The van der Waals surface area contributed by atoms with Crippen LogP contribution in [0.2, 0.25) is 0 Å². The van der Waals surface area contributed by atoms with Gasteiger partial charge in [-0.2, -0.15) is 0 Å². The number of benzene rings is 4. The number of rotatable bonds is 14. The lowest BCUT2D eigenvalue weighted by atomic mass is 9.81. The maximum Gasteiger partial charge on any atom is 0.308 e. The fourth-order valence-electron chi connectivity index (χ4n) is 22.4. The van der Waals surface area contributed by atoms with Crippen LogP contribution in [-0.4, -0.2) is 95.4 Å². The minimum absolute atomic E-state index is 0.00935. The molecule has 2 aliphatic heterocycles. The first-order valence-electron chi connectivity index (χ1n) is 41.2. The zero-order chi connectivity index (χ0) is 76.9. The van der Waals surface area contributed by atoms with Crippen LogP contribution in [0.3, 0.4) is 0 Å². The molecule has 10 aliphatic rings. The number of aromatic nitrogens is 4. The summed E-state index contributed by atoms with van der Waals surface area (Å²) in [6.45, 7) is 9.36. The van der Waals surface area contributed by atoms with Crippen molar-refractivity contribution in [2.75, 3.05) is 40.6 Å². The van der Waals surface area contributed by atoms with Gasteiger partial charge in [0.2, 0.25) is 0 Å². The van der Waals surface area contributed by atoms with Crippen LogP contribution in [0.4, 0.5) is 17.6 Å². The Hall–Kier alpha value is -7.80. The predicted molar refractivity (Wildman–Crippen MR) is 418 cm³/mol. The number of nitrogens with zero attached hydrogens (tertiary/aromatic N) is 4. The zero-order valence-electron chi connectivity index (χ0n) is 64.6. The lowest BCUT2D eigenvalue weighted by molar-refractivity contribution is -0.147. The molecule has 2 saturated heterocycles. The Bertz CT molecular complexity index is 4490. The van der Waals surface area contributed by atoms with E-state index in [-0.39, 0.29) is 53.0 Å². The lowest BCUT2D eigenvalue weighted by Gasteiger charge is -2.25. The topological polar surface area (TPSA) is 203 Å². The van der Waals surface area contributed by atoms with Crippen LogP contribution in [0.15, 0.2) is 122 Å². The molecule has 0 bridgehead atoms. The molecule has 8 aliphatic carbocycles. The fraction of sp³-hybridized carbons (Fsp3) is 0.565. The number of pyridine rings is 4. The standard InChI is InChI=1S/C26H32FNO2.C21H24FNO2.2C20H22FNO2.C5H11NO/c1-16(26(29)10-17-5-8-30-9-6-17)18-11-19-13-21(14-20(19)12-18)23-4-7-28-25-3-2-22(27)15-24(23)25;1-12(21(24)25-2)13-7-14-9-16(10-15(14)8-13)18-5-6-23-20-4-3-17(22)11-19(18)20;1-24-20(23)8-12-6-13-9-15(10-14(13)7-12)17-4-5-22-19-3-2-16(21)11-18(17)19;1-11(20(23)24)12-6-13-8-15(9-14(13)7-12)17-4-5-22-19-3-2-16(21)10-18(17)19;6-5-1-3-7-4-2-5/h2-4,7,15-21H,5-6,8-14H2,1H3;3-6,11-16H,7-10H2,1-2H3;2-5,11-15H,6-10H2,1H3;2-5,10-15H,6-9H2,1H3,(H,23,24);5H,1-4,6H2/t16?,18?,19-,20+,21?;12?,13?,14-,15+,16?;12?,13-,14+,15?;11?,12?,13-,14+,15?;. The first-order chi connectivity index (χ1) is 53.2. The van der Waals surface area contributed by atoms with E-state index in [0.717, 1.165) is 192 Å². The number of carboxylic acids is 1. The first kappa shape index (κ1) is 78.9. The lowest BCUT2D eigenvalue weighted by Crippen LogP contribution is -2.28. The largest absolute Gasteiger partial charge is 0.481 e. The molecule has 3 N–H and O–H groups in total. The van der Waals surface area contributed by atoms with Crippen molar-refractivity contribution in [3.05, 3.63) is 167 Å². The zero-order valence-corrected chi connectivity index (χ0v) is 64.6. The number of carbonyl (C=O) groups is 4. The molecule has 110 heavy (non-hydrogen) atoms. The maximum atomic E-state index is 13.9. The summed E-state index contributed by atoms with van der Waals surface area (Å²) in [6.07, 6.45) is 30.7. The molecule has 0 spiro atoms. The van der Waals surface area contributed by atoms with Gasteiger partial charge < -0.3 is 29.8 Å². The van der Waals surface area contributed by atoms with Gasteiger partial charge in [-0.1, -0.05) is 20.8 Å². The molecule has 0 radical (unpaired) electrons. The van der Waals surface area contributed by atoms with E-state index in [0.29, 0.717) is 119 Å². The van der Waals surface area contributed by atoms with Gasteiger partial charge in [0.1, 0.15) is 29.1 Å². The summed E-state index contributed by atoms with van der Waals surface area (Å²) in [4.78, 5) is 64.9. The monoisotopic (exact) mass is 1510 g/mol. The third-order valence-electron chi connectivity index (χ3n) is 28.3. The normalized spacial score (nSPS) is 29.6. The molecule has 19 atom stereocenters. The number of ketones is 1. The minimum atomic E-state index is -0.674. The molecule has 0 amide bonds. The van der Waals surface area contributed by atoms with E-state index in [1.165, 1.54) is 73.6 Å². The molecular formula is C92H111F4N5O9. The number of aliphatic carboxylic acids is 1. The van der Waals surface area contributed by atoms with Crippen molar-refractivity contribution in [3.63, 3.8) is 0 Å². The van der Waals surface area contributed by atoms with Crippen LogP contribution in [0.25, 0.3) is 43.6 Å². The highest BCUT2D eigenvalue weighted by molar-refractivity contribution is 5.86. The van der Waals surface area contributed by atoms with Crippen molar-refractivity contribution in [2.45, 2.75) is 192 Å². The molecule has 8 aromatic rings. The number of nitrogens with two attached hydrogens (primary N) is 1. The number of halogens is 4. The number of carboxylic acid groups (broad SMARTS) is 1. The van der Waals surface area contributed by atoms with E-state index in [9.17, 15) is 41.8 Å². The number of fused-ring (bicyclic) bond motifs is 8. The van der Waals surface area contributed by atoms with Crippen molar-refractivity contribution >= 4 is 67.3 Å². The van der Waals surface area contributed by atoms with Crippen LogP contribution < -0.4 is 5.73 Å². The molecule has 18 rings (SSSR count). The van der Waals surface area contributed by atoms with Crippen molar-refractivity contribution < 1.29 is 60.8 Å². The first-order valence-corrected chi connectivity index (χ1v) is 41.2. The highest BCUT2D eigenvalue weighted by Gasteiger charge is 2.49. The SMILES string of the molecule is CC(C(=O)CC1CCOCC1)C1C[C@H]2CC(c3ccnc4ccc(F)cc34)C[C@H]2C1.CC(C(=O)O)C1C[C@H]2CC(c3ccnc4ccc(F)cc34)C[C@H]2C1.COC(=O)C(C)C1C[C@H]2CC(c3ccnc4ccc(F)cc34)C[C@H]2C1.COC(=O)CC1C[C@@H]2CC(c3ccnc4ccc(F)cc34)C[C@@H]2C1.NC1CCOCC1. The second-order valence-corrected chi connectivity index (χ2v) is 34.7. The fourth-order valence-corrected chi connectivity index (χ4v) is 22.4. The number of ether oxygens (including phenoxy) is 4. The van der Waals surface area contributed by atoms with Gasteiger partial charge in [-0.05, 0) is 348 Å². The molecule has 18 heteroatoms. The summed E-state index contributed by atoms with van der Waals surface area (Å²) in [5, 5.41) is 13.0. The Morgan fingerprint density at radius 1 is 0.409 bits per heavy atom. The number of Topliss-reactive ketones (excluding diaryl/α,β-unsaturated/α-hetero) is 1. The third kappa shape index (κ3) is 18.3. The molecule has 10 fully saturated rings. The van der Waals surface area contributed by atoms with Gasteiger partial charge in [0, 0.05) is 97.6 Å². The van der Waals surface area contributed by atoms with Crippen molar-refractivity contribution in [2.24, 2.45) is 100 Å². The van der Waals surface area contributed by atoms with Gasteiger partial charge >= 0.3 is 17.9 Å². The van der Waals surface area contributed by atoms with Gasteiger partial charge in [0.05, 0.1) is 48.1 Å². The summed E-state index contributed by atoms with van der Waals surface area (Å²) < 4.78 is 75.1. The third-order valence-corrected chi connectivity index (χ3v) is 28.3. The maximum absolute atomic E-state index is 13.9. The molecule has 4 aromatic carbocycles. The second kappa shape index (κ2) is 35.5. The van der Waals surface area contributed by atoms with Gasteiger partial charge in [-0.15, -0.1) is 0 Å². The Kier molecular flexibility index (Phi) is 25.4. The number of esters is 2. The van der Waals surface area contributed by atoms with E-state index in [1.54, 1.807) is 48.5 Å². The molecule has 6 heterocycles. The smallest absolute Gasteiger partial charge is 0.308 e. The second-order valence-electron chi connectivity index (χ2n) is 34.7. The number of hydrogen-bond donors (Lipinski definition) is 2. The summed E-state index contributed by atoms with van der Waals surface area (Å²) in [6, 6.07) is 28.1. The Balaban J connectivity index is 0.000000119. The van der Waals surface area contributed by atoms with Gasteiger partial charge in [0.25, 0.3) is 0 Å². The van der Waals surface area contributed by atoms with Crippen molar-refractivity contribution in [1.82, 2.24) is 19.9 Å². The highest BCUT2D eigenvalue weighted by Crippen LogP contribution is 2.59. The van der Waals surface area contributed by atoms with E-state index in [4.69, 9.17) is 24.7 Å². The molecule has 586 valence electrons.